The first-order chi connectivity index (χ1) is 11.6. The molecule has 0 aliphatic heterocycles. The lowest BCUT2D eigenvalue weighted by Gasteiger charge is -2.16. The second kappa shape index (κ2) is 14.3. The predicted molar refractivity (Wildman–Crippen MR) is 114 cm³/mol. The molecule has 0 unspecified atom stereocenters. The summed E-state index contributed by atoms with van der Waals surface area (Å²) in [5.74, 6) is 0.633. The molecule has 0 fully saturated rings. The van der Waals surface area contributed by atoms with Crippen molar-refractivity contribution in [2.75, 3.05) is 53.5 Å². The average Bonchev–Trinajstić information content (AvgIpc) is 2.55. The summed E-state index contributed by atoms with van der Waals surface area (Å²) >= 11 is 0. The molecule has 1 aromatic rings. The number of likely N-dealkylation sites (N-methyl/N-ethyl adjacent to an activating group) is 1. The average molecular weight is 466 g/mol. The Morgan fingerprint density at radius 1 is 1.28 bits per heavy atom. The highest BCUT2D eigenvalue weighted by Gasteiger charge is 2.02. The van der Waals surface area contributed by atoms with E-state index in [-0.39, 0.29) is 29.8 Å². The molecule has 0 aliphatic carbocycles. The molecule has 1 rings (SSSR count). The number of aliphatic imine (C=N–C) groups is 1. The number of ether oxygens (including phenoxy) is 1. The van der Waals surface area contributed by atoms with Crippen molar-refractivity contribution in [1.82, 2.24) is 15.5 Å². The van der Waals surface area contributed by atoms with E-state index in [9.17, 15) is 4.39 Å². The summed E-state index contributed by atoms with van der Waals surface area (Å²) in [6, 6.07) is 4.93. The molecule has 0 aliphatic rings. The summed E-state index contributed by atoms with van der Waals surface area (Å²) in [7, 11) is 3.77. The van der Waals surface area contributed by atoms with Crippen LogP contribution in [-0.2, 0) is 11.2 Å². The molecule has 0 radical (unpaired) electrons. The number of benzene rings is 1. The van der Waals surface area contributed by atoms with E-state index in [0.29, 0.717) is 0 Å². The number of guanidine groups is 1. The van der Waals surface area contributed by atoms with Crippen LogP contribution in [-0.4, -0.2) is 64.3 Å². The third kappa shape index (κ3) is 10.6. The van der Waals surface area contributed by atoms with Gasteiger partial charge in [0.1, 0.15) is 5.82 Å². The maximum absolute atomic E-state index is 13.1. The van der Waals surface area contributed by atoms with Gasteiger partial charge in [-0.05, 0) is 50.6 Å². The molecule has 0 heterocycles. The van der Waals surface area contributed by atoms with Crippen molar-refractivity contribution < 1.29 is 9.13 Å². The van der Waals surface area contributed by atoms with Gasteiger partial charge in [0.25, 0.3) is 0 Å². The van der Waals surface area contributed by atoms with Gasteiger partial charge in [0.15, 0.2) is 5.96 Å². The van der Waals surface area contributed by atoms with Gasteiger partial charge in [0, 0.05) is 33.3 Å². The van der Waals surface area contributed by atoms with Crippen LogP contribution in [0.25, 0.3) is 0 Å². The fourth-order valence-electron chi connectivity index (χ4n) is 2.29. The van der Waals surface area contributed by atoms with Crippen molar-refractivity contribution in [2.45, 2.75) is 20.3 Å². The minimum atomic E-state index is -0.184. The third-order valence-corrected chi connectivity index (χ3v) is 3.76. The van der Waals surface area contributed by atoms with Crippen molar-refractivity contribution in [3.63, 3.8) is 0 Å². The van der Waals surface area contributed by atoms with Gasteiger partial charge < -0.3 is 20.3 Å². The quantitative estimate of drug-likeness (QED) is 0.316. The molecule has 0 saturated heterocycles. The normalized spacial score (nSPS) is 11.4. The van der Waals surface area contributed by atoms with Gasteiger partial charge in [-0.25, -0.2) is 4.39 Å². The lowest BCUT2D eigenvalue weighted by Crippen LogP contribution is -2.39. The van der Waals surface area contributed by atoms with E-state index in [0.717, 1.165) is 62.8 Å². The first-order valence-corrected chi connectivity index (χ1v) is 8.51. The van der Waals surface area contributed by atoms with Gasteiger partial charge in [-0.2, -0.15) is 0 Å². The Morgan fingerprint density at radius 2 is 2.04 bits per heavy atom. The maximum atomic E-state index is 13.1. The third-order valence-electron chi connectivity index (χ3n) is 3.76. The number of halogens is 2. The number of hydrogen-bond acceptors (Lipinski definition) is 3. The van der Waals surface area contributed by atoms with Crippen LogP contribution < -0.4 is 10.6 Å². The highest BCUT2D eigenvalue weighted by Crippen LogP contribution is 2.10. The second-order valence-electron chi connectivity index (χ2n) is 5.80. The van der Waals surface area contributed by atoms with E-state index < -0.39 is 0 Å². The number of nitrogens with zero attached hydrogens (tertiary/aromatic N) is 2. The van der Waals surface area contributed by atoms with Gasteiger partial charge in [0.2, 0.25) is 0 Å². The minimum absolute atomic E-state index is 0. The highest BCUT2D eigenvalue weighted by molar-refractivity contribution is 14.0. The van der Waals surface area contributed by atoms with Crippen LogP contribution in [0.2, 0.25) is 0 Å². The van der Waals surface area contributed by atoms with E-state index in [1.165, 1.54) is 6.07 Å². The SMILES string of the molecule is CCNC(=NCCN(C)CCOC)NCCc1ccc(F)cc1C.I. The smallest absolute Gasteiger partial charge is 0.191 e. The van der Waals surface area contributed by atoms with E-state index in [1.54, 1.807) is 13.2 Å². The van der Waals surface area contributed by atoms with Crippen LogP contribution in [0.3, 0.4) is 0 Å². The molecule has 0 bridgehead atoms. The summed E-state index contributed by atoms with van der Waals surface area (Å²) in [5.41, 5.74) is 2.14. The number of hydrogen-bond donors (Lipinski definition) is 2. The largest absolute Gasteiger partial charge is 0.383 e. The van der Waals surface area contributed by atoms with Crippen molar-refractivity contribution >= 4 is 29.9 Å². The Labute approximate surface area is 168 Å². The number of rotatable bonds is 10. The van der Waals surface area contributed by atoms with E-state index in [1.807, 2.05) is 19.9 Å². The Bertz CT molecular complexity index is 514. The zero-order valence-corrected chi connectivity index (χ0v) is 18.1. The van der Waals surface area contributed by atoms with Crippen molar-refractivity contribution in [3.8, 4) is 0 Å². The van der Waals surface area contributed by atoms with Crippen LogP contribution in [0, 0.1) is 12.7 Å². The van der Waals surface area contributed by atoms with Crippen molar-refractivity contribution in [2.24, 2.45) is 4.99 Å². The molecular weight excluding hydrogens is 434 g/mol. The van der Waals surface area contributed by atoms with Gasteiger partial charge >= 0.3 is 0 Å². The Kier molecular flexibility index (Phi) is 13.7. The van der Waals surface area contributed by atoms with Crippen LogP contribution in [0.4, 0.5) is 4.39 Å². The maximum Gasteiger partial charge on any atom is 0.191 e. The van der Waals surface area contributed by atoms with E-state index in [2.05, 4.69) is 27.6 Å². The summed E-state index contributed by atoms with van der Waals surface area (Å²) in [6.45, 7) is 8.82. The lowest BCUT2D eigenvalue weighted by molar-refractivity contribution is 0.163. The predicted octanol–water partition coefficient (Wildman–Crippen LogP) is 2.43. The fourth-order valence-corrected chi connectivity index (χ4v) is 2.29. The molecule has 0 saturated carbocycles. The van der Waals surface area contributed by atoms with Crippen molar-refractivity contribution in [1.29, 1.82) is 0 Å². The Hall–Kier alpha value is -0.930. The first kappa shape index (κ1) is 24.1. The molecule has 0 atom stereocenters. The molecule has 1 aromatic carbocycles. The standard InChI is InChI=1S/C18H31FN4O.HI/c1-5-20-18(22-10-11-23(3)12-13-24-4)21-9-8-16-6-7-17(19)14-15(16)2;/h6-7,14H,5,8-13H2,1-4H3,(H2,20,21,22);1H. The molecule has 25 heavy (non-hydrogen) atoms. The molecule has 2 N–H and O–H groups in total. The summed E-state index contributed by atoms with van der Waals surface area (Å²) in [5, 5.41) is 6.58. The monoisotopic (exact) mass is 466 g/mol. The number of methoxy groups -OCH3 is 1. The molecular formula is C18H32FIN4O. The summed E-state index contributed by atoms with van der Waals surface area (Å²) in [4.78, 5) is 6.77. The topological polar surface area (TPSA) is 48.9 Å². The summed E-state index contributed by atoms with van der Waals surface area (Å²) in [6.07, 6.45) is 0.838. The first-order valence-electron chi connectivity index (χ1n) is 8.51. The Morgan fingerprint density at radius 3 is 2.68 bits per heavy atom. The van der Waals surface area contributed by atoms with Crippen LogP contribution in [0.1, 0.15) is 18.1 Å². The molecule has 144 valence electrons. The molecule has 0 spiro atoms. The van der Waals surface area contributed by atoms with Crippen LogP contribution in [0.5, 0.6) is 0 Å². The molecule has 5 nitrogen and oxygen atoms in total. The molecule has 7 heteroatoms. The zero-order valence-electron chi connectivity index (χ0n) is 15.8. The zero-order chi connectivity index (χ0) is 17.8. The van der Waals surface area contributed by atoms with Gasteiger partial charge in [-0.3, -0.25) is 4.99 Å². The highest BCUT2D eigenvalue weighted by atomic mass is 127. The van der Waals surface area contributed by atoms with Crippen LogP contribution in [0.15, 0.2) is 23.2 Å². The number of aryl methyl sites for hydroxylation is 1. The summed E-state index contributed by atoms with van der Waals surface area (Å²) < 4.78 is 18.2. The van der Waals surface area contributed by atoms with Gasteiger partial charge in [-0.15, -0.1) is 24.0 Å². The minimum Gasteiger partial charge on any atom is -0.383 e. The van der Waals surface area contributed by atoms with Crippen molar-refractivity contribution in [3.05, 3.63) is 35.1 Å². The Balaban J connectivity index is 0.00000576. The molecule has 0 aromatic heterocycles. The van der Waals surface area contributed by atoms with Gasteiger partial charge in [0.05, 0.1) is 13.2 Å². The van der Waals surface area contributed by atoms with E-state index in [4.69, 9.17) is 4.74 Å². The van der Waals surface area contributed by atoms with Crippen LogP contribution >= 0.6 is 24.0 Å². The lowest BCUT2D eigenvalue weighted by atomic mass is 10.1. The molecule has 0 amide bonds. The second-order valence-corrected chi connectivity index (χ2v) is 5.80. The van der Waals surface area contributed by atoms with Gasteiger partial charge in [-0.1, -0.05) is 6.07 Å². The fraction of sp³-hybridized carbons (Fsp3) is 0.611. The van der Waals surface area contributed by atoms with E-state index >= 15 is 0 Å². The number of nitrogens with one attached hydrogen (secondary N) is 2.